The molecule has 2 rings (SSSR count). The molecule has 1 aromatic carbocycles. The van der Waals surface area contributed by atoms with Crippen LogP contribution in [0.1, 0.15) is 19.8 Å². The predicted molar refractivity (Wildman–Crippen MR) is 101 cm³/mol. The Balaban J connectivity index is 2.36. The van der Waals surface area contributed by atoms with Gasteiger partial charge < -0.3 is 4.74 Å². The second-order valence-corrected chi connectivity index (χ2v) is 10.7. The van der Waals surface area contributed by atoms with Crippen molar-refractivity contribution in [3.63, 3.8) is 0 Å². The number of carbonyl (C=O) groups is 1. The SMILES string of the molecule is CC#CCOc1ccc(S(=O)(=O)C2(C(=O)NO)CCN(S(=O)(=O)C(F)(F)F)CC2)cc1. The van der Waals surface area contributed by atoms with Crippen molar-refractivity contribution in [2.75, 3.05) is 19.7 Å². The maximum Gasteiger partial charge on any atom is 0.511 e. The lowest BCUT2D eigenvalue weighted by Crippen LogP contribution is -2.59. The van der Waals surface area contributed by atoms with Gasteiger partial charge in [-0.3, -0.25) is 10.0 Å². The van der Waals surface area contributed by atoms with Gasteiger partial charge in [0.1, 0.15) is 12.4 Å². The molecule has 0 spiro atoms. The molecule has 1 fully saturated rings. The van der Waals surface area contributed by atoms with Crippen LogP contribution in [-0.2, 0) is 24.7 Å². The number of sulfone groups is 1. The van der Waals surface area contributed by atoms with Gasteiger partial charge in [0.05, 0.1) is 4.90 Å². The van der Waals surface area contributed by atoms with E-state index in [1.54, 1.807) is 6.92 Å². The molecule has 0 saturated carbocycles. The van der Waals surface area contributed by atoms with Gasteiger partial charge in [0.2, 0.25) is 0 Å². The summed E-state index contributed by atoms with van der Waals surface area (Å²) < 4.78 is 91.0. The molecule has 172 valence electrons. The van der Waals surface area contributed by atoms with Crippen molar-refractivity contribution in [1.82, 2.24) is 9.79 Å². The van der Waals surface area contributed by atoms with Crippen molar-refractivity contribution in [2.45, 2.75) is 34.9 Å². The largest absolute Gasteiger partial charge is 0.511 e. The molecule has 0 radical (unpaired) electrons. The van der Waals surface area contributed by atoms with Crippen LogP contribution in [0.2, 0.25) is 0 Å². The molecule has 1 aromatic rings. The molecule has 0 aliphatic carbocycles. The molecule has 31 heavy (non-hydrogen) atoms. The molecule has 14 heteroatoms. The fourth-order valence-electron chi connectivity index (χ4n) is 3.09. The highest BCUT2D eigenvalue weighted by atomic mass is 32.2. The quantitative estimate of drug-likeness (QED) is 0.351. The van der Waals surface area contributed by atoms with Crippen molar-refractivity contribution < 1.29 is 44.7 Å². The lowest BCUT2D eigenvalue weighted by molar-refractivity contribution is -0.133. The molecule has 0 unspecified atom stereocenters. The normalized spacial score (nSPS) is 17.3. The number of hydrogen-bond donors (Lipinski definition) is 2. The minimum Gasteiger partial charge on any atom is -0.481 e. The van der Waals surface area contributed by atoms with E-state index in [0.29, 0.717) is 0 Å². The Hall–Kier alpha value is -2.34. The van der Waals surface area contributed by atoms with Crippen LogP contribution in [-0.4, -0.2) is 62.2 Å². The molecular weight excluding hydrogens is 465 g/mol. The Bertz CT molecular complexity index is 1080. The molecule has 1 amide bonds. The summed E-state index contributed by atoms with van der Waals surface area (Å²) >= 11 is 0. The van der Waals surface area contributed by atoms with Crippen LogP contribution in [0.3, 0.4) is 0 Å². The number of nitrogens with one attached hydrogen (secondary N) is 1. The molecular formula is C17H19F3N2O7S2. The standard InChI is InChI=1S/C17H19F3N2O7S2/c1-2-3-12-29-13-4-6-14(7-5-13)30(25,26)16(15(23)21-24)8-10-22(11-9-16)31(27,28)17(18,19)20/h4-7,24H,8-12H2,1H3,(H,21,23). The lowest BCUT2D eigenvalue weighted by atomic mass is 9.96. The maximum absolute atomic E-state index is 13.2. The highest BCUT2D eigenvalue weighted by molar-refractivity contribution is 7.93. The summed E-state index contributed by atoms with van der Waals surface area (Å²) in [5.41, 5.74) is -4.33. The summed E-state index contributed by atoms with van der Waals surface area (Å²) in [5, 5.41) is 9.07. The number of carbonyl (C=O) groups excluding carboxylic acids is 1. The smallest absolute Gasteiger partial charge is 0.481 e. The summed E-state index contributed by atoms with van der Waals surface area (Å²) in [4.78, 5) is 12.0. The zero-order valence-electron chi connectivity index (χ0n) is 16.1. The minimum atomic E-state index is -5.69. The number of nitrogens with zero attached hydrogens (tertiary/aromatic N) is 1. The molecule has 0 bridgehead atoms. The molecule has 2 N–H and O–H groups in total. The zero-order chi connectivity index (χ0) is 23.5. The van der Waals surface area contributed by atoms with Gasteiger partial charge in [0.15, 0.2) is 14.6 Å². The number of benzene rings is 1. The Labute approximate surface area is 177 Å². The first-order valence-corrected chi connectivity index (χ1v) is 11.6. The Morgan fingerprint density at radius 1 is 1.19 bits per heavy atom. The maximum atomic E-state index is 13.2. The van der Waals surface area contributed by atoms with Gasteiger partial charge in [-0.05, 0) is 44.0 Å². The highest BCUT2D eigenvalue weighted by Crippen LogP contribution is 2.39. The van der Waals surface area contributed by atoms with E-state index in [-0.39, 0.29) is 21.6 Å². The number of amides is 1. The van der Waals surface area contributed by atoms with Crippen LogP contribution >= 0.6 is 0 Å². The van der Waals surface area contributed by atoms with Crippen molar-refractivity contribution in [3.8, 4) is 17.6 Å². The molecule has 1 aliphatic heterocycles. The lowest BCUT2D eigenvalue weighted by Gasteiger charge is -2.38. The molecule has 1 saturated heterocycles. The van der Waals surface area contributed by atoms with E-state index in [1.807, 2.05) is 0 Å². The Morgan fingerprint density at radius 2 is 1.74 bits per heavy atom. The third-order valence-electron chi connectivity index (χ3n) is 4.81. The zero-order valence-corrected chi connectivity index (χ0v) is 17.8. The first-order chi connectivity index (χ1) is 14.3. The third-order valence-corrected chi connectivity index (χ3v) is 8.96. The number of halogens is 3. The van der Waals surface area contributed by atoms with Crippen LogP contribution in [0.25, 0.3) is 0 Å². The average Bonchev–Trinajstić information content (AvgIpc) is 2.72. The molecule has 9 nitrogen and oxygen atoms in total. The van der Waals surface area contributed by atoms with E-state index < -0.39 is 62.0 Å². The van der Waals surface area contributed by atoms with Crippen LogP contribution < -0.4 is 10.2 Å². The number of piperidine rings is 1. The Kier molecular flexibility index (Phi) is 7.26. The molecule has 0 atom stereocenters. The summed E-state index contributed by atoms with van der Waals surface area (Å²) in [6.45, 7) is -0.102. The van der Waals surface area contributed by atoms with E-state index in [4.69, 9.17) is 9.94 Å². The first kappa shape index (κ1) is 24.9. The van der Waals surface area contributed by atoms with Gasteiger partial charge >= 0.3 is 15.5 Å². The van der Waals surface area contributed by atoms with Gasteiger partial charge in [-0.25, -0.2) is 22.3 Å². The number of sulfonamides is 1. The van der Waals surface area contributed by atoms with Gasteiger partial charge in [0.25, 0.3) is 5.91 Å². The Morgan fingerprint density at radius 3 is 2.19 bits per heavy atom. The summed E-state index contributed by atoms with van der Waals surface area (Å²) in [7, 11) is -10.2. The van der Waals surface area contributed by atoms with Crippen molar-refractivity contribution in [1.29, 1.82) is 0 Å². The highest BCUT2D eigenvalue weighted by Gasteiger charge is 2.57. The van der Waals surface area contributed by atoms with E-state index >= 15 is 0 Å². The van der Waals surface area contributed by atoms with Crippen LogP contribution in [0.4, 0.5) is 13.2 Å². The topological polar surface area (TPSA) is 130 Å². The van der Waals surface area contributed by atoms with E-state index in [9.17, 15) is 34.8 Å². The van der Waals surface area contributed by atoms with Gasteiger partial charge in [-0.15, -0.1) is 5.92 Å². The monoisotopic (exact) mass is 484 g/mol. The number of rotatable bonds is 6. The van der Waals surface area contributed by atoms with Crippen molar-refractivity contribution >= 4 is 25.8 Å². The molecule has 0 aromatic heterocycles. The van der Waals surface area contributed by atoms with Gasteiger partial charge in [-0.2, -0.15) is 17.5 Å². The van der Waals surface area contributed by atoms with E-state index in [0.717, 1.165) is 12.1 Å². The molecule has 1 aliphatic rings. The third kappa shape index (κ3) is 4.64. The number of ether oxygens (including phenoxy) is 1. The van der Waals surface area contributed by atoms with E-state index in [1.165, 1.54) is 17.6 Å². The number of hydrogen-bond acceptors (Lipinski definition) is 7. The summed E-state index contributed by atoms with van der Waals surface area (Å²) in [6, 6.07) is 4.88. The van der Waals surface area contributed by atoms with Crippen LogP contribution in [0, 0.1) is 11.8 Å². The van der Waals surface area contributed by atoms with Crippen molar-refractivity contribution in [3.05, 3.63) is 24.3 Å². The number of hydroxylamine groups is 1. The van der Waals surface area contributed by atoms with Crippen molar-refractivity contribution in [2.24, 2.45) is 0 Å². The number of alkyl halides is 3. The van der Waals surface area contributed by atoms with Gasteiger partial charge in [-0.1, -0.05) is 5.92 Å². The fourth-order valence-corrected chi connectivity index (χ4v) is 6.00. The average molecular weight is 484 g/mol. The fraction of sp³-hybridized carbons (Fsp3) is 0.471. The summed E-state index contributed by atoms with van der Waals surface area (Å²) in [6.07, 6.45) is -1.58. The van der Waals surface area contributed by atoms with E-state index in [2.05, 4.69) is 11.8 Å². The predicted octanol–water partition coefficient (Wildman–Crippen LogP) is 1.05. The summed E-state index contributed by atoms with van der Waals surface area (Å²) in [5.74, 6) is 4.17. The van der Waals surface area contributed by atoms with Crippen LogP contribution in [0.5, 0.6) is 5.75 Å². The minimum absolute atomic E-state index is 0.0585. The second kappa shape index (κ2) is 9.03. The molecule has 1 heterocycles. The van der Waals surface area contributed by atoms with Crippen LogP contribution in [0.15, 0.2) is 29.2 Å². The first-order valence-electron chi connectivity index (χ1n) is 8.71. The van der Waals surface area contributed by atoms with Gasteiger partial charge in [0, 0.05) is 13.1 Å². The second-order valence-electron chi connectivity index (χ2n) is 6.48.